The first-order valence-corrected chi connectivity index (χ1v) is 6.39. The van der Waals surface area contributed by atoms with Gasteiger partial charge in [-0.1, -0.05) is 0 Å². The predicted molar refractivity (Wildman–Crippen MR) is 65.3 cm³/mol. The van der Waals surface area contributed by atoms with Crippen molar-refractivity contribution in [2.45, 2.75) is 19.5 Å². The van der Waals surface area contributed by atoms with Gasteiger partial charge in [0, 0.05) is 44.5 Å². The van der Waals surface area contributed by atoms with E-state index in [0.29, 0.717) is 26.2 Å². The van der Waals surface area contributed by atoms with Crippen LogP contribution < -0.4 is 0 Å². The third kappa shape index (κ3) is 2.27. The number of rotatable bonds is 2. The van der Waals surface area contributed by atoms with Crippen LogP contribution in [0.3, 0.4) is 0 Å². The van der Waals surface area contributed by atoms with Crippen molar-refractivity contribution in [3.8, 4) is 0 Å². The molecule has 1 fully saturated rings. The van der Waals surface area contributed by atoms with Gasteiger partial charge in [0.25, 0.3) is 0 Å². The standard InChI is InChI=1S/C12H16N4O3/c17-11(18)5-9-6-16(7-9)12(19)15-4-3-14-2-1-13-10(14)8-15/h1-2,9H,3-8H2,(H,17,18). The van der Waals surface area contributed by atoms with Gasteiger partial charge in [0.1, 0.15) is 5.82 Å². The third-order valence-electron chi connectivity index (χ3n) is 3.71. The molecule has 7 nitrogen and oxygen atoms in total. The van der Waals surface area contributed by atoms with E-state index in [0.717, 1.165) is 12.4 Å². The highest BCUT2D eigenvalue weighted by atomic mass is 16.4. The lowest BCUT2D eigenvalue weighted by atomic mass is 9.97. The Balaban J connectivity index is 1.54. The minimum atomic E-state index is -0.794. The zero-order valence-corrected chi connectivity index (χ0v) is 10.5. The van der Waals surface area contributed by atoms with Gasteiger partial charge >= 0.3 is 12.0 Å². The van der Waals surface area contributed by atoms with Crippen molar-refractivity contribution in [2.75, 3.05) is 19.6 Å². The summed E-state index contributed by atoms with van der Waals surface area (Å²) in [6.45, 7) is 3.09. The lowest BCUT2D eigenvalue weighted by Gasteiger charge is -2.42. The molecule has 3 heterocycles. The summed E-state index contributed by atoms with van der Waals surface area (Å²) in [7, 11) is 0. The molecule has 102 valence electrons. The van der Waals surface area contributed by atoms with E-state index in [1.54, 1.807) is 16.0 Å². The van der Waals surface area contributed by atoms with Crippen LogP contribution in [0.1, 0.15) is 12.2 Å². The summed E-state index contributed by atoms with van der Waals surface area (Å²) in [6, 6.07) is -0.00381. The van der Waals surface area contributed by atoms with E-state index in [1.165, 1.54) is 0 Å². The van der Waals surface area contributed by atoms with E-state index in [2.05, 4.69) is 4.98 Å². The fourth-order valence-corrected chi connectivity index (χ4v) is 2.64. The number of urea groups is 1. The number of aliphatic carboxylic acids is 1. The van der Waals surface area contributed by atoms with Crippen LogP contribution >= 0.6 is 0 Å². The van der Waals surface area contributed by atoms with Crippen molar-refractivity contribution < 1.29 is 14.7 Å². The monoisotopic (exact) mass is 264 g/mol. The van der Waals surface area contributed by atoms with Gasteiger partial charge in [-0.15, -0.1) is 0 Å². The fourth-order valence-electron chi connectivity index (χ4n) is 2.64. The first-order chi connectivity index (χ1) is 9.13. The van der Waals surface area contributed by atoms with Crippen LogP contribution in [0.2, 0.25) is 0 Å². The van der Waals surface area contributed by atoms with Crippen LogP contribution in [0.25, 0.3) is 0 Å². The molecule has 7 heteroatoms. The summed E-state index contributed by atoms with van der Waals surface area (Å²) >= 11 is 0. The Hall–Kier alpha value is -2.05. The van der Waals surface area contributed by atoms with Gasteiger partial charge in [-0.2, -0.15) is 0 Å². The highest BCUT2D eigenvalue weighted by Gasteiger charge is 2.35. The average molecular weight is 264 g/mol. The summed E-state index contributed by atoms with van der Waals surface area (Å²) < 4.78 is 2.05. The van der Waals surface area contributed by atoms with E-state index in [-0.39, 0.29) is 18.4 Å². The second-order valence-electron chi connectivity index (χ2n) is 5.11. The molecule has 0 unspecified atom stereocenters. The van der Waals surface area contributed by atoms with Gasteiger partial charge in [0.15, 0.2) is 0 Å². The van der Waals surface area contributed by atoms with Crippen LogP contribution in [0.5, 0.6) is 0 Å². The molecular weight excluding hydrogens is 248 g/mol. The summed E-state index contributed by atoms with van der Waals surface area (Å²) in [5.41, 5.74) is 0. The van der Waals surface area contributed by atoms with Gasteiger partial charge in [-0.3, -0.25) is 4.79 Å². The Morgan fingerprint density at radius 3 is 2.84 bits per heavy atom. The van der Waals surface area contributed by atoms with Crippen molar-refractivity contribution >= 4 is 12.0 Å². The van der Waals surface area contributed by atoms with Gasteiger partial charge in [-0.05, 0) is 0 Å². The number of aromatic nitrogens is 2. The van der Waals surface area contributed by atoms with Crippen LogP contribution in [0.15, 0.2) is 12.4 Å². The minimum absolute atomic E-state index is 0.00381. The Bertz CT molecular complexity index is 507. The normalized spacial score (nSPS) is 18.9. The molecule has 2 amide bonds. The maximum absolute atomic E-state index is 12.2. The summed E-state index contributed by atoms with van der Waals surface area (Å²) in [5, 5.41) is 8.68. The summed E-state index contributed by atoms with van der Waals surface area (Å²) in [6.07, 6.45) is 3.81. The predicted octanol–water partition coefficient (Wildman–Crippen LogP) is 0.225. The largest absolute Gasteiger partial charge is 0.481 e. The first-order valence-electron chi connectivity index (χ1n) is 6.39. The Kier molecular flexibility index (Phi) is 2.88. The van der Waals surface area contributed by atoms with E-state index < -0.39 is 5.97 Å². The number of imidazole rings is 1. The lowest BCUT2D eigenvalue weighted by Crippen LogP contribution is -2.56. The molecule has 2 aliphatic heterocycles. The molecule has 0 bridgehead atoms. The van der Waals surface area contributed by atoms with E-state index in [4.69, 9.17) is 5.11 Å². The van der Waals surface area contributed by atoms with E-state index in [9.17, 15) is 9.59 Å². The number of nitrogens with zero attached hydrogens (tertiary/aromatic N) is 4. The molecule has 2 aliphatic rings. The molecule has 0 spiro atoms. The second-order valence-corrected chi connectivity index (χ2v) is 5.11. The average Bonchev–Trinajstić information content (AvgIpc) is 2.79. The summed E-state index contributed by atoms with van der Waals surface area (Å²) in [4.78, 5) is 30.5. The molecule has 0 aromatic carbocycles. The fraction of sp³-hybridized carbons (Fsp3) is 0.583. The molecule has 1 aromatic rings. The third-order valence-corrected chi connectivity index (χ3v) is 3.71. The summed E-state index contributed by atoms with van der Waals surface area (Å²) in [5.74, 6) is 0.215. The van der Waals surface area contributed by atoms with Crippen LogP contribution in [-0.2, 0) is 17.9 Å². The number of likely N-dealkylation sites (tertiary alicyclic amines) is 1. The number of carboxylic acid groups (broad SMARTS) is 1. The molecule has 0 aliphatic carbocycles. The molecule has 1 aromatic heterocycles. The number of fused-ring (bicyclic) bond motifs is 1. The van der Waals surface area contributed by atoms with Gasteiger partial charge in [0.2, 0.25) is 0 Å². The second kappa shape index (κ2) is 4.56. The number of carboxylic acids is 1. The van der Waals surface area contributed by atoms with Crippen molar-refractivity contribution in [1.29, 1.82) is 0 Å². The minimum Gasteiger partial charge on any atom is -0.481 e. The van der Waals surface area contributed by atoms with E-state index in [1.807, 2.05) is 10.8 Å². The van der Waals surface area contributed by atoms with Crippen molar-refractivity contribution in [3.05, 3.63) is 18.2 Å². The van der Waals surface area contributed by atoms with Gasteiger partial charge < -0.3 is 19.5 Å². The maximum Gasteiger partial charge on any atom is 0.320 e. The molecule has 1 saturated heterocycles. The Labute approximate surface area is 110 Å². The molecule has 19 heavy (non-hydrogen) atoms. The molecule has 1 N–H and O–H groups in total. The molecule has 0 saturated carbocycles. The highest BCUT2D eigenvalue weighted by Crippen LogP contribution is 2.22. The van der Waals surface area contributed by atoms with Gasteiger partial charge in [-0.25, -0.2) is 9.78 Å². The zero-order chi connectivity index (χ0) is 13.4. The smallest absolute Gasteiger partial charge is 0.320 e. The highest BCUT2D eigenvalue weighted by molar-refractivity contribution is 5.76. The quantitative estimate of drug-likeness (QED) is 0.829. The van der Waals surface area contributed by atoms with Gasteiger partial charge in [0.05, 0.1) is 13.0 Å². The Morgan fingerprint density at radius 2 is 2.11 bits per heavy atom. The number of carbonyl (C=O) groups excluding carboxylic acids is 1. The number of carbonyl (C=O) groups is 2. The molecule has 0 radical (unpaired) electrons. The molecule has 3 rings (SSSR count). The topological polar surface area (TPSA) is 78.7 Å². The van der Waals surface area contributed by atoms with Crippen molar-refractivity contribution in [3.63, 3.8) is 0 Å². The van der Waals surface area contributed by atoms with E-state index >= 15 is 0 Å². The number of hydrogen-bond acceptors (Lipinski definition) is 3. The van der Waals surface area contributed by atoms with Crippen LogP contribution in [0.4, 0.5) is 4.79 Å². The Morgan fingerprint density at radius 1 is 1.32 bits per heavy atom. The zero-order valence-electron chi connectivity index (χ0n) is 10.5. The number of hydrogen-bond donors (Lipinski definition) is 1. The van der Waals surface area contributed by atoms with Crippen LogP contribution in [-0.4, -0.2) is 56.1 Å². The van der Waals surface area contributed by atoms with Crippen molar-refractivity contribution in [1.82, 2.24) is 19.4 Å². The molecule has 0 atom stereocenters. The maximum atomic E-state index is 12.2. The molecular formula is C12H16N4O3. The number of amides is 2. The SMILES string of the molecule is O=C(O)CC1CN(C(=O)N2CCn3ccnc3C2)C1. The first kappa shape index (κ1) is 12.0. The van der Waals surface area contributed by atoms with Crippen molar-refractivity contribution in [2.24, 2.45) is 5.92 Å². The van der Waals surface area contributed by atoms with Crippen LogP contribution in [0, 0.1) is 5.92 Å². The lowest BCUT2D eigenvalue weighted by molar-refractivity contribution is -0.139.